The Balaban J connectivity index is 2.16. The average Bonchev–Trinajstić information content (AvgIpc) is 2.80. The van der Waals surface area contributed by atoms with Gasteiger partial charge in [0.25, 0.3) is 0 Å². The van der Waals surface area contributed by atoms with E-state index in [4.69, 9.17) is 0 Å². The molecule has 6 heteroatoms. The lowest BCUT2D eigenvalue weighted by atomic mass is 10.2. The molecule has 0 fully saturated rings. The lowest BCUT2D eigenvalue weighted by Crippen LogP contribution is -2.21. The summed E-state index contributed by atoms with van der Waals surface area (Å²) in [6.45, 7) is 7.43. The topological polar surface area (TPSA) is 55.6 Å². The minimum Gasteiger partial charge on any atom is -0.310 e. The number of hydrogen-bond acceptors (Lipinski definition) is 4. The molecule has 1 aromatic carbocycles. The number of nitrogens with zero attached hydrogens (tertiary/aromatic N) is 4. The van der Waals surface area contributed by atoms with Crippen molar-refractivity contribution in [1.82, 2.24) is 25.5 Å². The minimum atomic E-state index is -0.255. The van der Waals surface area contributed by atoms with Gasteiger partial charge in [0, 0.05) is 0 Å². The van der Waals surface area contributed by atoms with E-state index < -0.39 is 0 Å². The van der Waals surface area contributed by atoms with Crippen LogP contribution in [-0.4, -0.2) is 26.8 Å². The van der Waals surface area contributed by atoms with Gasteiger partial charge in [0.1, 0.15) is 5.82 Å². The number of benzene rings is 1. The van der Waals surface area contributed by atoms with Crippen molar-refractivity contribution < 1.29 is 4.39 Å². The van der Waals surface area contributed by atoms with Crippen molar-refractivity contribution in [3.8, 4) is 5.69 Å². The van der Waals surface area contributed by atoms with Crippen molar-refractivity contribution in [1.29, 1.82) is 0 Å². The molecule has 2 rings (SSSR count). The highest BCUT2D eigenvalue weighted by atomic mass is 19.1. The van der Waals surface area contributed by atoms with Gasteiger partial charge in [0.05, 0.1) is 12.2 Å². The first-order valence-electron chi connectivity index (χ1n) is 6.32. The molecule has 5 nitrogen and oxygen atoms in total. The number of tetrazole rings is 1. The summed E-state index contributed by atoms with van der Waals surface area (Å²) < 4.78 is 15.1. The van der Waals surface area contributed by atoms with Gasteiger partial charge in [0.15, 0.2) is 5.82 Å². The number of aromatic nitrogens is 4. The highest BCUT2D eigenvalue weighted by molar-refractivity contribution is 5.34. The maximum absolute atomic E-state index is 13.6. The van der Waals surface area contributed by atoms with E-state index in [-0.39, 0.29) is 5.82 Å². The van der Waals surface area contributed by atoms with Crippen LogP contribution in [0.1, 0.15) is 25.2 Å². The van der Waals surface area contributed by atoms with Crippen LogP contribution < -0.4 is 5.32 Å². The molecule has 0 saturated heterocycles. The van der Waals surface area contributed by atoms with Crippen LogP contribution in [0.3, 0.4) is 0 Å². The Kier molecular flexibility index (Phi) is 4.21. The molecular weight excluding hydrogens is 245 g/mol. The van der Waals surface area contributed by atoms with Crippen LogP contribution in [0, 0.1) is 18.7 Å². The molecule has 0 saturated carbocycles. The van der Waals surface area contributed by atoms with E-state index in [1.54, 1.807) is 23.7 Å². The van der Waals surface area contributed by atoms with Gasteiger partial charge < -0.3 is 5.32 Å². The molecular formula is C13H18FN5. The predicted octanol–water partition coefficient (Wildman–Crippen LogP) is 1.86. The maximum Gasteiger partial charge on any atom is 0.170 e. The molecule has 0 atom stereocenters. The van der Waals surface area contributed by atoms with Gasteiger partial charge >= 0.3 is 0 Å². The standard InChI is InChI=1S/C13H18FN5/c1-9(2)7-15-8-13-16-17-18-19(13)11-5-4-10(3)12(14)6-11/h4-6,9,15H,7-8H2,1-3H3. The molecule has 0 aliphatic rings. The second-order valence-electron chi connectivity index (χ2n) is 4.97. The minimum absolute atomic E-state index is 0.255. The highest BCUT2D eigenvalue weighted by Crippen LogP contribution is 2.13. The Morgan fingerprint density at radius 3 is 2.84 bits per heavy atom. The summed E-state index contributed by atoms with van der Waals surface area (Å²) in [5, 5.41) is 14.8. The molecule has 0 aliphatic heterocycles. The molecule has 19 heavy (non-hydrogen) atoms. The quantitative estimate of drug-likeness (QED) is 0.894. The molecule has 1 aromatic heterocycles. The molecule has 0 aliphatic carbocycles. The summed E-state index contributed by atoms with van der Waals surface area (Å²) in [5.74, 6) is 0.971. The lowest BCUT2D eigenvalue weighted by Gasteiger charge is -2.08. The highest BCUT2D eigenvalue weighted by Gasteiger charge is 2.09. The number of hydrogen-bond donors (Lipinski definition) is 1. The van der Waals surface area contributed by atoms with Crippen LogP contribution in [0.4, 0.5) is 4.39 Å². The van der Waals surface area contributed by atoms with Crippen LogP contribution in [0.2, 0.25) is 0 Å². The van der Waals surface area contributed by atoms with Crippen molar-refractivity contribution in [3.63, 3.8) is 0 Å². The van der Waals surface area contributed by atoms with Gasteiger partial charge in [0.2, 0.25) is 0 Å². The van der Waals surface area contributed by atoms with E-state index >= 15 is 0 Å². The molecule has 0 bridgehead atoms. The van der Waals surface area contributed by atoms with Gasteiger partial charge in [-0.05, 0) is 47.5 Å². The summed E-state index contributed by atoms with van der Waals surface area (Å²) in [4.78, 5) is 0. The fourth-order valence-corrected chi connectivity index (χ4v) is 1.70. The fraction of sp³-hybridized carbons (Fsp3) is 0.462. The average molecular weight is 263 g/mol. The van der Waals surface area contributed by atoms with Gasteiger partial charge in [-0.15, -0.1) is 5.10 Å². The molecule has 1 heterocycles. The van der Waals surface area contributed by atoms with Crippen LogP contribution in [0.15, 0.2) is 18.2 Å². The summed E-state index contributed by atoms with van der Waals surface area (Å²) in [7, 11) is 0. The molecule has 0 spiro atoms. The lowest BCUT2D eigenvalue weighted by molar-refractivity contribution is 0.537. The van der Waals surface area contributed by atoms with E-state index in [1.807, 2.05) is 0 Å². The number of nitrogens with one attached hydrogen (secondary N) is 1. The molecule has 1 N–H and O–H groups in total. The first-order chi connectivity index (χ1) is 9.08. The monoisotopic (exact) mass is 263 g/mol. The third kappa shape index (κ3) is 3.35. The zero-order valence-corrected chi connectivity index (χ0v) is 11.4. The van der Waals surface area contributed by atoms with E-state index in [0.29, 0.717) is 29.5 Å². The van der Waals surface area contributed by atoms with E-state index in [9.17, 15) is 4.39 Å². The number of rotatable bonds is 5. The second-order valence-corrected chi connectivity index (χ2v) is 4.97. The molecule has 102 valence electrons. The van der Waals surface area contributed by atoms with Crippen molar-refractivity contribution in [3.05, 3.63) is 35.4 Å². The van der Waals surface area contributed by atoms with E-state index in [2.05, 4.69) is 34.7 Å². The number of aryl methyl sites for hydroxylation is 1. The Morgan fingerprint density at radius 2 is 2.16 bits per heavy atom. The Labute approximate surface area is 111 Å². The van der Waals surface area contributed by atoms with Crippen molar-refractivity contribution in [2.24, 2.45) is 5.92 Å². The zero-order chi connectivity index (χ0) is 13.8. The Morgan fingerprint density at radius 1 is 1.37 bits per heavy atom. The fourth-order valence-electron chi connectivity index (χ4n) is 1.70. The summed E-state index contributed by atoms with van der Waals surface area (Å²) in [6.07, 6.45) is 0. The normalized spacial score (nSPS) is 11.2. The zero-order valence-electron chi connectivity index (χ0n) is 11.4. The first kappa shape index (κ1) is 13.6. The van der Waals surface area contributed by atoms with Gasteiger partial charge in [-0.2, -0.15) is 4.68 Å². The smallest absolute Gasteiger partial charge is 0.170 e. The van der Waals surface area contributed by atoms with Crippen LogP contribution >= 0.6 is 0 Å². The molecule has 0 unspecified atom stereocenters. The van der Waals surface area contributed by atoms with Crippen LogP contribution in [0.25, 0.3) is 5.69 Å². The molecule has 0 radical (unpaired) electrons. The first-order valence-corrected chi connectivity index (χ1v) is 6.32. The van der Waals surface area contributed by atoms with Gasteiger partial charge in [-0.1, -0.05) is 19.9 Å². The Bertz CT molecular complexity index is 550. The largest absolute Gasteiger partial charge is 0.310 e. The maximum atomic E-state index is 13.6. The SMILES string of the molecule is Cc1ccc(-n2nnnc2CNCC(C)C)cc1F. The van der Waals surface area contributed by atoms with Crippen molar-refractivity contribution in [2.75, 3.05) is 6.54 Å². The van der Waals surface area contributed by atoms with Crippen molar-refractivity contribution in [2.45, 2.75) is 27.3 Å². The number of halogens is 1. The van der Waals surface area contributed by atoms with Crippen molar-refractivity contribution >= 4 is 0 Å². The predicted molar refractivity (Wildman–Crippen MR) is 70.4 cm³/mol. The second kappa shape index (κ2) is 5.88. The molecule has 0 amide bonds. The third-order valence-electron chi connectivity index (χ3n) is 2.77. The summed E-state index contributed by atoms with van der Waals surface area (Å²) in [5.41, 5.74) is 1.24. The van der Waals surface area contributed by atoms with Gasteiger partial charge in [-0.3, -0.25) is 0 Å². The van der Waals surface area contributed by atoms with E-state index in [0.717, 1.165) is 6.54 Å². The third-order valence-corrected chi connectivity index (χ3v) is 2.77. The van der Waals surface area contributed by atoms with Gasteiger partial charge in [-0.25, -0.2) is 4.39 Å². The van der Waals surface area contributed by atoms with Crippen LogP contribution in [0.5, 0.6) is 0 Å². The van der Waals surface area contributed by atoms with Crippen LogP contribution in [-0.2, 0) is 6.54 Å². The molecule has 2 aromatic rings. The Hall–Kier alpha value is -1.82. The summed E-state index contributed by atoms with van der Waals surface area (Å²) in [6, 6.07) is 4.97. The summed E-state index contributed by atoms with van der Waals surface area (Å²) >= 11 is 0. The van der Waals surface area contributed by atoms with E-state index in [1.165, 1.54) is 6.07 Å².